The van der Waals surface area contributed by atoms with Gasteiger partial charge in [0.25, 0.3) is 0 Å². The van der Waals surface area contributed by atoms with Crippen molar-refractivity contribution >= 4 is 46.7 Å². The summed E-state index contributed by atoms with van der Waals surface area (Å²) >= 11 is 12.1. The molecule has 1 atom stereocenters. The van der Waals surface area contributed by atoms with E-state index in [1.165, 1.54) is 7.11 Å². The molecular formula is C26H29Cl2N3O4. The van der Waals surface area contributed by atoms with E-state index < -0.39 is 11.9 Å². The fourth-order valence-corrected chi connectivity index (χ4v) is 4.32. The normalized spacial score (nSPS) is 14.6. The van der Waals surface area contributed by atoms with Crippen LogP contribution in [0.25, 0.3) is 0 Å². The van der Waals surface area contributed by atoms with Gasteiger partial charge in [0.2, 0.25) is 11.8 Å². The minimum absolute atomic E-state index is 0.0527. The highest BCUT2D eigenvalue weighted by Crippen LogP contribution is 2.27. The molecule has 1 aliphatic rings. The molecule has 0 spiro atoms. The van der Waals surface area contributed by atoms with Gasteiger partial charge in [-0.15, -0.1) is 0 Å². The molecule has 7 nitrogen and oxygen atoms in total. The highest BCUT2D eigenvalue weighted by molar-refractivity contribution is 6.42. The Morgan fingerprint density at radius 3 is 2.51 bits per heavy atom. The zero-order chi connectivity index (χ0) is 25.4. The van der Waals surface area contributed by atoms with Crippen molar-refractivity contribution in [2.24, 2.45) is 0 Å². The van der Waals surface area contributed by atoms with Gasteiger partial charge in [0.1, 0.15) is 0 Å². The lowest BCUT2D eigenvalue weighted by Gasteiger charge is -2.32. The van der Waals surface area contributed by atoms with Crippen molar-refractivity contribution in [2.75, 3.05) is 39.1 Å². The van der Waals surface area contributed by atoms with Gasteiger partial charge in [-0.25, -0.2) is 4.79 Å². The Morgan fingerprint density at radius 1 is 1.09 bits per heavy atom. The van der Waals surface area contributed by atoms with Crippen LogP contribution in [0.1, 0.15) is 30.0 Å². The summed E-state index contributed by atoms with van der Waals surface area (Å²) in [6, 6.07) is 12.4. The fourth-order valence-electron chi connectivity index (χ4n) is 4.00. The van der Waals surface area contributed by atoms with Gasteiger partial charge in [-0.3, -0.25) is 9.59 Å². The number of benzene rings is 2. The molecule has 0 unspecified atom stereocenters. The van der Waals surface area contributed by atoms with Gasteiger partial charge in [0.05, 0.1) is 29.6 Å². The number of rotatable bonds is 9. The van der Waals surface area contributed by atoms with Crippen LogP contribution in [0.2, 0.25) is 10.0 Å². The van der Waals surface area contributed by atoms with Crippen molar-refractivity contribution < 1.29 is 19.1 Å². The maximum absolute atomic E-state index is 13.2. The van der Waals surface area contributed by atoms with Gasteiger partial charge in [0, 0.05) is 31.4 Å². The first-order valence-electron chi connectivity index (χ1n) is 11.4. The first-order valence-corrected chi connectivity index (χ1v) is 12.1. The minimum atomic E-state index is -0.610. The molecule has 35 heavy (non-hydrogen) atoms. The summed E-state index contributed by atoms with van der Waals surface area (Å²) in [5, 5.41) is 3.61. The largest absolute Gasteiger partial charge is 0.466 e. The smallest absolute Gasteiger partial charge is 0.330 e. The van der Waals surface area contributed by atoms with E-state index in [1.807, 2.05) is 18.2 Å². The summed E-state index contributed by atoms with van der Waals surface area (Å²) in [7, 11) is 3.04. The Hall–Kier alpha value is -2.87. The monoisotopic (exact) mass is 517 g/mol. The molecule has 9 heteroatoms. The zero-order valence-electron chi connectivity index (χ0n) is 19.8. The van der Waals surface area contributed by atoms with Crippen molar-refractivity contribution in [2.45, 2.75) is 25.3 Å². The van der Waals surface area contributed by atoms with Crippen molar-refractivity contribution in [3.05, 3.63) is 75.8 Å². The number of ether oxygens (including phenoxy) is 1. The second-order valence-corrected chi connectivity index (χ2v) is 9.24. The van der Waals surface area contributed by atoms with E-state index in [4.69, 9.17) is 23.2 Å². The van der Waals surface area contributed by atoms with Crippen LogP contribution in [0.4, 0.5) is 5.69 Å². The first-order chi connectivity index (χ1) is 16.8. The van der Waals surface area contributed by atoms with E-state index in [2.05, 4.69) is 15.0 Å². The van der Waals surface area contributed by atoms with Crippen LogP contribution in [-0.2, 0) is 25.5 Å². The Morgan fingerprint density at radius 2 is 1.83 bits per heavy atom. The van der Waals surface area contributed by atoms with E-state index in [0.717, 1.165) is 49.2 Å². The molecule has 2 amide bonds. The third-order valence-corrected chi connectivity index (χ3v) is 6.68. The molecule has 1 heterocycles. The van der Waals surface area contributed by atoms with E-state index in [-0.39, 0.29) is 18.4 Å². The molecule has 186 valence electrons. The van der Waals surface area contributed by atoms with Crippen LogP contribution < -0.4 is 5.32 Å². The van der Waals surface area contributed by atoms with Gasteiger partial charge in [-0.1, -0.05) is 41.4 Å². The molecule has 1 saturated heterocycles. The average molecular weight is 518 g/mol. The van der Waals surface area contributed by atoms with Crippen LogP contribution in [0.5, 0.6) is 0 Å². The first kappa shape index (κ1) is 26.7. The van der Waals surface area contributed by atoms with Crippen LogP contribution >= 0.6 is 23.2 Å². The highest BCUT2D eigenvalue weighted by Gasteiger charge is 2.26. The molecule has 2 aromatic carbocycles. The highest BCUT2D eigenvalue weighted by atomic mass is 35.5. The molecule has 0 aliphatic carbocycles. The summed E-state index contributed by atoms with van der Waals surface area (Å²) in [5.41, 5.74) is 2.25. The Labute approximate surface area is 215 Å². The molecule has 0 saturated carbocycles. The number of halogens is 2. The van der Waals surface area contributed by atoms with Crippen molar-refractivity contribution in [3.8, 4) is 0 Å². The maximum atomic E-state index is 13.2. The standard InChI is InChI=1S/C26H29Cl2N3O4/c1-30(25(33)15-18-8-9-21(27)22(28)14-18)23(17-31-12-3-4-13-31)19-6-5-7-20(16-19)29-24(32)10-11-26(34)35-2/h5-11,14,16,23H,3-4,12-13,15,17H2,1-2H3,(H,29,32)/b11-10+/t23-/m1/s1. The number of likely N-dealkylation sites (tertiary alicyclic amines) is 1. The SMILES string of the molecule is COC(=O)/C=C/C(=O)Nc1cccc([C@@H](CN2CCCC2)N(C)C(=O)Cc2ccc(Cl)c(Cl)c2)c1. The summed E-state index contributed by atoms with van der Waals surface area (Å²) in [5.74, 6) is -1.11. The van der Waals surface area contributed by atoms with Gasteiger partial charge in [0.15, 0.2) is 0 Å². The van der Waals surface area contributed by atoms with E-state index in [1.54, 1.807) is 36.2 Å². The lowest BCUT2D eigenvalue weighted by atomic mass is 10.0. The number of carbonyl (C=O) groups is 3. The molecular weight excluding hydrogens is 489 g/mol. The molecule has 3 rings (SSSR count). The molecule has 0 aromatic heterocycles. The molecule has 0 radical (unpaired) electrons. The number of hydrogen-bond donors (Lipinski definition) is 1. The van der Waals surface area contributed by atoms with Crippen molar-refractivity contribution in [3.63, 3.8) is 0 Å². The predicted octanol–water partition coefficient (Wildman–Crippen LogP) is 4.50. The number of esters is 1. The number of methoxy groups -OCH3 is 1. The predicted molar refractivity (Wildman–Crippen MR) is 138 cm³/mol. The van der Waals surface area contributed by atoms with Crippen molar-refractivity contribution in [1.82, 2.24) is 9.80 Å². The molecule has 1 aliphatic heterocycles. The van der Waals surface area contributed by atoms with Gasteiger partial charge < -0.3 is 19.9 Å². The quantitative estimate of drug-likeness (QED) is 0.391. The Bertz CT molecular complexity index is 1100. The average Bonchev–Trinajstić information content (AvgIpc) is 3.36. The van der Waals surface area contributed by atoms with E-state index >= 15 is 0 Å². The zero-order valence-corrected chi connectivity index (χ0v) is 21.3. The number of nitrogens with one attached hydrogen (secondary N) is 1. The Balaban J connectivity index is 1.79. The minimum Gasteiger partial charge on any atom is -0.466 e. The topological polar surface area (TPSA) is 79.0 Å². The maximum Gasteiger partial charge on any atom is 0.330 e. The van der Waals surface area contributed by atoms with Crippen LogP contribution in [0, 0.1) is 0 Å². The van der Waals surface area contributed by atoms with Gasteiger partial charge in [-0.2, -0.15) is 0 Å². The van der Waals surface area contributed by atoms with Crippen LogP contribution in [0.3, 0.4) is 0 Å². The van der Waals surface area contributed by atoms with E-state index in [9.17, 15) is 14.4 Å². The second kappa shape index (κ2) is 12.7. The summed E-state index contributed by atoms with van der Waals surface area (Å²) < 4.78 is 4.51. The number of hydrogen-bond acceptors (Lipinski definition) is 5. The van der Waals surface area contributed by atoms with Gasteiger partial charge in [-0.05, 0) is 61.3 Å². The lowest BCUT2D eigenvalue weighted by molar-refractivity contribution is -0.135. The molecule has 1 N–H and O–H groups in total. The summed E-state index contributed by atoms with van der Waals surface area (Å²) in [4.78, 5) is 40.8. The third kappa shape index (κ3) is 7.82. The van der Waals surface area contributed by atoms with Crippen LogP contribution in [-0.4, -0.2) is 61.4 Å². The Kier molecular flexibility index (Phi) is 9.72. The number of anilines is 1. The number of nitrogens with zero attached hydrogens (tertiary/aromatic N) is 2. The second-order valence-electron chi connectivity index (χ2n) is 8.42. The van der Waals surface area contributed by atoms with E-state index in [0.29, 0.717) is 22.3 Å². The lowest BCUT2D eigenvalue weighted by Crippen LogP contribution is -2.39. The van der Waals surface area contributed by atoms with Gasteiger partial charge >= 0.3 is 5.97 Å². The molecule has 0 bridgehead atoms. The van der Waals surface area contributed by atoms with Crippen molar-refractivity contribution in [1.29, 1.82) is 0 Å². The van der Waals surface area contributed by atoms with Crippen LogP contribution in [0.15, 0.2) is 54.6 Å². The number of likely N-dealkylation sites (N-methyl/N-ethyl adjacent to an activating group) is 1. The number of amides is 2. The summed E-state index contributed by atoms with van der Waals surface area (Å²) in [6.45, 7) is 2.66. The molecule has 1 fully saturated rings. The fraction of sp³-hybridized carbons (Fsp3) is 0.346. The third-order valence-electron chi connectivity index (χ3n) is 5.94. The summed E-state index contributed by atoms with van der Waals surface area (Å²) in [6.07, 6.45) is 4.64. The number of carbonyl (C=O) groups excluding carboxylic acids is 3. The molecule has 2 aromatic rings.